The molecular weight excluding hydrogens is 206 g/mol. The van der Waals surface area contributed by atoms with E-state index in [1.807, 2.05) is 0 Å². The molecule has 0 unspecified atom stereocenters. The molecule has 78 valence electrons. The van der Waals surface area contributed by atoms with E-state index in [2.05, 4.69) is 0 Å². The number of halogens is 1. The molecule has 0 spiro atoms. The summed E-state index contributed by atoms with van der Waals surface area (Å²) < 4.78 is 4.81. The van der Waals surface area contributed by atoms with Gasteiger partial charge in [-0.15, -0.1) is 12.4 Å². The normalized spacial score (nSPS) is 8.93. The van der Waals surface area contributed by atoms with Gasteiger partial charge in [-0.1, -0.05) is 13.0 Å². The van der Waals surface area contributed by atoms with Gasteiger partial charge < -0.3 is 15.6 Å². The van der Waals surface area contributed by atoms with E-state index in [-0.39, 0.29) is 36.0 Å². The van der Waals surface area contributed by atoms with Gasteiger partial charge in [-0.25, -0.2) is 0 Å². The minimum absolute atomic E-state index is 0. The average molecular weight is 218 g/mol. The third-order valence-corrected chi connectivity index (χ3v) is 1.53. The second-order valence-corrected chi connectivity index (χ2v) is 2.52. The Labute approximate surface area is 88.1 Å². The maximum atomic E-state index is 10.9. The molecule has 0 fully saturated rings. The van der Waals surface area contributed by atoms with Crippen LogP contribution in [-0.2, 0) is 4.79 Å². The second kappa shape index (κ2) is 5.34. The molecule has 0 aliphatic heterocycles. The van der Waals surface area contributed by atoms with Crippen molar-refractivity contribution in [2.75, 3.05) is 5.73 Å². The number of esters is 1. The highest BCUT2D eigenvalue weighted by Crippen LogP contribution is 2.31. The number of carbonyl (C=O) groups excluding carboxylic acids is 1. The van der Waals surface area contributed by atoms with Crippen LogP contribution in [0.4, 0.5) is 5.69 Å². The number of ether oxygens (including phenoxy) is 1. The van der Waals surface area contributed by atoms with Crippen molar-refractivity contribution in [3.8, 4) is 11.5 Å². The topological polar surface area (TPSA) is 72.5 Å². The summed E-state index contributed by atoms with van der Waals surface area (Å²) in [6.07, 6.45) is 0.244. The molecule has 0 atom stereocenters. The molecule has 0 aliphatic rings. The second-order valence-electron chi connectivity index (χ2n) is 2.52. The molecule has 1 rings (SSSR count). The fraction of sp³-hybridized carbons (Fsp3) is 0.222. The molecule has 0 amide bonds. The Hall–Kier alpha value is -1.42. The van der Waals surface area contributed by atoms with E-state index in [9.17, 15) is 9.90 Å². The van der Waals surface area contributed by atoms with Crippen LogP contribution in [0, 0.1) is 0 Å². The number of hydrogen-bond acceptors (Lipinski definition) is 4. The average Bonchev–Trinajstić information content (AvgIpc) is 2.11. The third-order valence-electron chi connectivity index (χ3n) is 1.53. The monoisotopic (exact) mass is 217 g/mol. The molecule has 14 heavy (non-hydrogen) atoms. The van der Waals surface area contributed by atoms with Gasteiger partial charge >= 0.3 is 5.97 Å². The number of carbonyl (C=O) groups is 1. The van der Waals surface area contributed by atoms with Gasteiger partial charge in [0.05, 0.1) is 5.69 Å². The van der Waals surface area contributed by atoms with E-state index >= 15 is 0 Å². The summed E-state index contributed by atoms with van der Waals surface area (Å²) in [5.74, 6) is -0.510. The number of nitrogens with two attached hydrogens (primary N) is 1. The highest BCUT2D eigenvalue weighted by Gasteiger charge is 2.09. The van der Waals surface area contributed by atoms with Gasteiger partial charge in [0.2, 0.25) is 0 Å². The molecule has 4 nitrogen and oxygen atoms in total. The summed E-state index contributed by atoms with van der Waals surface area (Å²) in [4.78, 5) is 10.9. The lowest BCUT2D eigenvalue weighted by Crippen LogP contribution is -2.07. The van der Waals surface area contributed by atoms with Crippen LogP contribution in [0.25, 0.3) is 0 Å². The molecule has 3 N–H and O–H groups in total. The maximum absolute atomic E-state index is 10.9. The first-order valence-corrected chi connectivity index (χ1v) is 3.93. The summed E-state index contributed by atoms with van der Waals surface area (Å²) in [5.41, 5.74) is 5.74. The highest BCUT2D eigenvalue weighted by atomic mass is 35.5. The fourth-order valence-corrected chi connectivity index (χ4v) is 0.839. The van der Waals surface area contributed by atoms with Crippen molar-refractivity contribution in [1.82, 2.24) is 0 Å². The van der Waals surface area contributed by atoms with Crippen LogP contribution >= 0.6 is 12.4 Å². The summed E-state index contributed by atoms with van der Waals surface area (Å²) in [5, 5.41) is 9.28. The molecule has 1 aromatic carbocycles. The first-order valence-electron chi connectivity index (χ1n) is 3.93. The number of phenols is 1. The van der Waals surface area contributed by atoms with Crippen molar-refractivity contribution in [3.05, 3.63) is 18.2 Å². The standard InChI is InChI=1S/C9H11NO3.ClH/c1-2-8(12)13-9-6(10)4-3-5-7(9)11;/h3-5,11H,2,10H2,1H3;1H. The number of aromatic hydroxyl groups is 1. The zero-order valence-corrected chi connectivity index (χ0v) is 8.50. The van der Waals surface area contributed by atoms with Crippen LogP contribution in [0.5, 0.6) is 11.5 Å². The predicted molar refractivity (Wildman–Crippen MR) is 55.7 cm³/mol. The Morgan fingerprint density at radius 3 is 2.71 bits per heavy atom. The van der Waals surface area contributed by atoms with Gasteiger partial charge in [-0.05, 0) is 12.1 Å². The summed E-state index contributed by atoms with van der Waals surface area (Å²) in [7, 11) is 0. The van der Waals surface area contributed by atoms with Crippen LogP contribution in [0.2, 0.25) is 0 Å². The first-order chi connectivity index (χ1) is 6.15. The number of phenolic OH excluding ortho intramolecular Hbond substituents is 1. The lowest BCUT2D eigenvalue weighted by atomic mass is 10.3. The first kappa shape index (κ1) is 12.6. The number of anilines is 1. The van der Waals surface area contributed by atoms with Gasteiger partial charge in [-0.3, -0.25) is 4.79 Å². The van der Waals surface area contributed by atoms with E-state index < -0.39 is 5.97 Å². The molecule has 1 aromatic rings. The number of nitrogen functional groups attached to an aromatic ring is 1. The van der Waals surface area contributed by atoms with Crippen LogP contribution < -0.4 is 10.5 Å². The van der Waals surface area contributed by atoms with E-state index in [0.29, 0.717) is 0 Å². The molecule has 0 saturated heterocycles. The number of rotatable bonds is 2. The van der Waals surface area contributed by atoms with Gasteiger partial charge in [-0.2, -0.15) is 0 Å². The van der Waals surface area contributed by atoms with Crippen molar-refractivity contribution >= 4 is 24.1 Å². The minimum atomic E-state index is -0.423. The molecule has 5 heteroatoms. The lowest BCUT2D eigenvalue weighted by molar-refractivity contribution is -0.134. The predicted octanol–water partition coefficient (Wildman–Crippen LogP) is 1.71. The quantitative estimate of drug-likeness (QED) is 0.449. The summed E-state index contributed by atoms with van der Waals surface area (Å²) >= 11 is 0. The van der Waals surface area contributed by atoms with Crippen LogP contribution in [0.15, 0.2) is 18.2 Å². The number of hydrogen-bond donors (Lipinski definition) is 2. The Morgan fingerprint density at radius 1 is 1.57 bits per heavy atom. The van der Waals surface area contributed by atoms with Crippen molar-refractivity contribution < 1.29 is 14.6 Å². The van der Waals surface area contributed by atoms with E-state index in [4.69, 9.17) is 10.5 Å². The highest BCUT2D eigenvalue weighted by molar-refractivity contribution is 5.85. The van der Waals surface area contributed by atoms with Gasteiger partial charge in [0.1, 0.15) is 0 Å². The Bertz CT molecular complexity index is 308. The van der Waals surface area contributed by atoms with Crippen LogP contribution in [0.3, 0.4) is 0 Å². The van der Waals surface area contributed by atoms with Gasteiger partial charge in [0.15, 0.2) is 11.5 Å². The molecule has 0 heterocycles. The molecule has 0 bridgehead atoms. The molecule has 0 aromatic heterocycles. The number of para-hydroxylation sites is 1. The van der Waals surface area contributed by atoms with Crippen molar-refractivity contribution in [2.45, 2.75) is 13.3 Å². The number of benzene rings is 1. The Morgan fingerprint density at radius 2 is 2.21 bits per heavy atom. The van der Waals surface area contributed by atoms with Gasteiger partial charge in [0.25, 0.3) is 0 Å². The third kappa shape index (κ3) is 2.81. The van der Waals surface area contributed by atoms with Crippen molar-refractivity contribution in [1.29, 1.82) is 0 Å². The van der Waals surface area contributed by atoms with Crippen LogP contribution in [-0.4, -0.2) is 11.1 Å². The molecule has 0 radical (unpaired) electrons. The minimum Gasteiger partial charge on any atom is -0.504 e. The summed E-state index contributed by atoms with van der Waals surface area (Å²) in [6, 6.07) is 4.54. The molecule has 0 aliphatic carbocycles. The molecular formula is C9H12ClNO3. The van der Waals surface area contributed by atoms with E-state index in [1.165, 1.54) is 6.07 Å². The largest absolute Gasteiger partial charge is 0.504 e. The summed E-state index contributed by atoms with van der Waals surface area (Å²) in [6.45, 7) is 1.67. The zero-order chi connectivity index (χ0) is 9.84. The van der Waals surface area contributed by atoms with Crippen LogP contribution in [0.1, 0.15) is 13.3 Å². The van der Waals surface area contributed by atoms with E-state index in [0.717, 1.165) is 0 Å². The Balaban J connectivity index is 0.00000169. The zero-order valence-electron chi connectivity index (χ0n) is 7.69. The van der Waals surface area contributed by atoms with E-state index in [1.54, 1.807) is 19.1 Å². The smallest absolute Gasteiger partial charge is 0.311 e. The Kier molecular flexibility index (Phi) is 4.80. The fourth-order valence-electron chi connectivity index (χ4n) is 0.839. The van der Waals surface area contributed by atoms with Crippen molar-refractivity contribution in [2.24, 2.45) is 0 Å². The van der Waals surface area contributed by atoms with Crippen molar-refractivity contribution in [3.63, 3.8) is 0 Å². The SMILES string of the molecule is CCC(=O)Oc1c(N)cccc1O.Cl. The van der Waals surface area contributed by atoms with Gasteiger partial charge in [0, 0.05) is 6.42 Å². The maximum Gasteiger partial charge on any atom is 0.311 e. The molecule has 0 saturated carbocycles. The lowest BCUT2D eigenvalue weighted by Gasteiger charge is -2.07.